The smallest absolute Gasteiger partial charge is 0.230 e. The summed E-state index contributed by atoms with van der Waals surface area (Å²) < 4.78 is 11.6. The Hall–Kier alpha value is -2.78. The molecule has 9 heteroatoms. The molecule has 1 aliphatic rings. The molecule has 4 rings (SSSR count). The number of ether oxygens (including phenoxy) is 2. The van der Waals surface area contributed by atoms with Crippen LogP contribution < -0.4 is 20.1 Å². The van der Waals surface area contributed by atoms with Gasteiger partial charge >= 0.3 is 0 Å². The van der Waals surface area contributed by atoms with E-state index < -0.39 is 0 Å². The number of aromatic nitrogens is 2. The number of carbonyl (C=O) groups excluding carboxylic acids is 1. The third-order valence-electron chi connectivity index (χ3n) is 5.05. The summed E-state index contributed by atoms with van der Waals surface area (Å²) >= 11 is 2.81. The standard InChI is InChI=1S/C23H26N4O3S2/c1-3-30-19-7-5-4-6-18(19)24-22-26-27-23(32-22)31-14-20(28)25-21(15-8-9-15)16-10-12-17(29-2)13-11-16/h4-7,10-13,15,21H,3,8-9,14H2,1-2H3,(H,24,26)(H,25,28). The second-order valence-electron chi connectivity index (χ2n) is 7.37. The van der Waals surface area contributed by atoms with Crippen LogP contribution in [0.25, 0.3) is 0 Å². The summed E-state index contributed by atoms with van der Waals surface area (Å²) in [4.78, 5) is 12.6. The largest absolute Gasteiger partial charge is 0.497 e. The molecule has 0 aliphatic heterocycles. The summed E-state index contributed by atoms with van der Waals surface area (Å²) in [6.45, 7) is 2.54. The Bertz CT molecular complexity index is 1040. The second-order valence-corrected chi connectivity index (χ2v) is 9.57. The molecule has 1 amide bonds. The molecule has 7 nitrogen and oxygen atoms in total. The highest BCUT2D eigenvalue weighted by Crippen LogP contribution is 2.41. The minimum atomic E-state index is -0.00545. The molecular formula is C23H26N4O3S2. The maximum Gasteiger partial charge on any atom is 0.230 e. The zero-order valence-electron chi connectivity index (χ0n) is 18.0. The first kappa shape index (κ1) is 22.4. The molecule has 0 spiro atoms. The minimum Gasteiger partial charge on any atom is -0.497 e. The summed E-state index contributed by atoms with van der Waals surface area (Å²) in [5.74, 6) is 2.37. The lowest BCUT2D eigenvalue weighted by Crippen LogP contribution is -2.31. The molecule has 1 fully saturated rings. The molecule has 0 saturated heterocycles. The highest BCUT2D eigenvalue weighted by molar-refractivity contribution is 8.01. The monoisotopic (exact) mass is 470 g/mol. The van der Waals surface area contributed by atoms with E-state index in [0.29, 0.717) is 23.4 Å². The number of benzene rings is 2. The van der Waals surface area contributed by atoms with Crippen LogP contribution in [0.15, 0.2) is 52.9 Å². The van der Waals surface area contributed by atoms with E-state index in [9.17, 15) is 4.79 Å². The van der Waals surface area contributed by atoms with Gasteiger partial charge in [-0.3, -0.25) is 4.79 Å². The van der Waals surface area contributed by atoms with Crippen LogP contribution in [0.2, 0.25) is 0 Å². The van der Waals surface area contributed by atoms with Gasteiger partial charge in [-0.15, -0.1) is 10.2 Å². The fraction of sp³-hybridized carbons (Fsp3) is 0.348. The maximum atomic E-state index is 12.6. The van der Waals surface area contributed by atoms with Crippen molar-refractivity contribution >= 4 is 39.8 Å². The molecule has 3 aromatic rings. The zero-order valence-corrected chi connectivity index (χ0v) is 19.7. The van der Waals surface area contributed by atoms with Crippen molar-refractivity contribution in [3.05, 3.63) is 54.1 Å². The Kier molecular flexibility index (Phi) is 7.49. The lowest BCUT2D eigenvalue weighted by molar-refractivity contribution is -0.119. The second kappa shape index (κ2) is 10.7. The average Bonchev–Trinajstić information content (AvgIpc) is 3.56. The molecule has 0 bridgehead atoms. The average molecular weight is 471 g/mol. The fourth-order valence-corrected chi connectivity index (χ4v) is 4.92. The molecule has 32 heavy (non-hydrogen) atoms. The maximum absolute atomic E-state index is 12.6. The molecule has 1 aromatic heterocycles. The molecular weight excluding hydrogens is 444 g/mol. The fourth-order valence-electron chi connectivity index (χ4n) is 3.34. The Morgan fingerprint density at radius 3 is 2.69 bits per heavy atom. The van der Waals surface area contributed by atoms with E-state index in [0.717, 1.165) is 39.9 Å². The molecule has 1 saturated carbocycles. The number of methoxy groups -OCH3 is 1. The molecule has 168 valence electrons. The number of anilines is 2. The van der Waals surface area contributed by atoms with Crippen LogP contribution >= 0.6 is 23.1 Å². The molecule has 1 aliphatic carbocycles. The number of hydrogen-bond acceptors (Lipinski definition) is 8. The van der Waals surface area contributed by atoms with Crippen molar-refractivity contribution in [1.82, 2.24) is 15.5 Å². The van der Waals surface area contributed by atoms with Gasteiger partial charge < -0.3 is 20.1 Å². The SMILES string of the molecule is CCOc1ccccc1Nc1nnc(SCC(=O)NC(c2ccc(OC)cc2)C2CC2)s1. The number of amides is 1. The number of para-hydroxylation sites is 2. The van der Waals surface area contributed by atoms with Gasteiger partial charge in [-0.25, -0.2) is 0 Å². The molecule has 2 aromatic carbocycles. The predicted octanol–water partition coefficient (Wildman–Crippen LogP) is 5.05. The zero-order chi connectivity index (χ0) is 22.3. The van der Waals surface area contributed by atoms with Crippen molar-refractivity contribution in [3.63, 3.8) is 0 Å². The van der Waals surface area contributed by atoms with Crippen molar-refractivity contribution in [2.45, 2.75) is 30.1 Å². The number of carbonyl (C=O) groups is 1. The van der Waals surface area contributed by atoms with Gasteiger partial charge in [0.2, 0.25) is 11.0 Å². The Morgan fingerprint density at radius 1 is 1.19 bits per heavy atom. The molecule has 1 heterocycles. The van der Waals surface area contributed by atoms with E-state index >= 15 is 0 Å². The van der Waals surface area contributed by atoms with Gasteiger partial charge in [-0.05, 0) is 55.5 Å². The van der Waals surface area contributed by atoms with E-state index in [1.807, 2.05) is 55.5 Å². The van der Waals surface area contributed by atoms with Crippen LogP contribution in [0.4, 0.5) is 10.8 Å². The summed E-state index contributed by atoms with van der Waals surface area (Å²) in [5.41, 5.74) is 1.95. The van der Waals surface area contributed by atoms with Gasteiger partial charge in [0.25, 0.3) is 0 Å². The number of nitrogens with zero attached hydrogens (tertiary/aromatic N) is 2. The third kappa shape index (κ3) is 5.92. The van der Waals surface area contributed by atoms with Gasteiger partial charge in [-0.1, -0.05) is 47.4 Å². The van der Waals surface area contributed by atoms with Crippen LogP contribution in [-0.4, -0.2) is 35.6 Å². The van der Waals surface area contributed by atoms with Crippen LogP contribution in [0.1, 0.15) is 31.4 Å². The first-order valence-corrected chi connectivity index (χ1v) is 12.3. The summed E-state index contributed by atoms with van der Waals surface area (Å²) in [5, 5.41) is 15.5. The van der Waals surface area contributed by atoms with Crippen molar-refractivity contribution < 1.29 is 14.3 Å². The quantitative estimate of drug-likeness (QED) is 0.379. The number of hydrogen-bond donors (Lipinski definition) is 2. The number of rotatable bonds is 11. The summed E-state index contributed by atoms with van der Waals surface area (Å²) in [6, 6.07) is 15.7. The van der Waals surface area contributed by atoms with Crippen LogP contribution in [0, 0.1) is 5.92 Å². The van der Waals surface area contributed by atoms with E-state index in [4.69, 9.17) is 9.47 Å². The normalized spacial score (nSPS) is 13.9. The van der Waals surface area contributed by atoms with E-state index in [1.54, 1.807) is 7.11 Å². The van der Waals surface area contributed by atoms with E-state index in [2.05, 4.69) is 20.8 Å². The highest BCUT2D eigenvalue weighted by Gasteiger charge is 2.33. The van der Waals surface area contributed by atoms with Gasteiger partial charge in [0.05, 0.1) is 31.2 Å². The van der Waals surface area contributed by atoms with Gasteiger partial charge in [0.1, 0.15) is 11.5 Å². The van der Waals surface area contributed by atoms with E-state index in [1.165, 1.54) is 23.1 Å². The van der Waals surface area contributed by atoms with Crippen LogP contribution in [0.3, 0.4) is 0 Å². The van der Waals surface area contributed by atoms with Crippen LogP contribution in [0.5, 0.6) is 11.5 Å². The van der Waals surface area contributed by atoms with Gasteiger partial charge in [0.15, 0.2) is 4.34 Å². The Labute approximate surface area is 195 Å². The number of thioether (sulfide) groups is 1. The summed E-state index contributed by atoms with van der Waals surface area (Å²) in [6.07, 6.45) is 2.28. The van der Waals surface area contributed by atoms with Crippen molar-refractivity contribution in [2.75, 3.05) is 24.8 Å². The minimum absolute atomic E-state index is 0.00545. The predicted molar refractivity (Wildman–Crippen MR) is 128 cm³/mol. The Balaban J connectivity index is 1.32. The van der Waals surface area contributed by atoms with Crippen molar-refractivity contribution in [2.24, 2.45) is 5.92 Å². The highest BCUT2D eigenvalue weighted by atomic mass is 32.2. The summed E-state index contributed by atoms with van der Waals surface area (Å²) in [7, 11) is 1.65. The molecule has 1 atom stereocenters. The first-order valence-electron chi connectivity index (χ1n) is 10.5. The van der Waals surface area contributed by atoms with Crippen molar-refractivity contribution in [1.29, 1.82) is 0 Å². The van der Waals surface area contributed by atoms with Gasteiger partial charge in [0, 0.05) is 0 Å². The molecule has 1 unspecified atom stereocenters. The first-order chi connectivity index (χ1) is 15.7. The number of nitrogens with one attached hydrogen (secondary N) is 2. The lowest BCUT2D eigenvalue weighted by atomic mass is 10.0. The third-order valence-corrected chi connectivity index (χ3v) is 7.02. The van der Waals surface area contributed by atoms with E-state index in [-0.39, 0.29) is 11.9 Å². The topological polar surface area (TPSA) is 85.4 Å². The van der Waals surface area contributed by atoms with Gasteiger partial charge in [-0.2, -0.15) is 0 Å². The Morgan fingerprint density at radius 2 is 1.97 bits per heavy atom. The van der Waals surface area contributed by atoms with Crippen molar-refractivity contribution in [3.8, 4) is 11.5 Å². The molecule has 2 N–H and O–H groups in total. The van der Waals surface area contributed by atoms with Crippen LogP contribution in [-0.2, 0) is 4.79 Å². The molecule has 0 radical (unpaired) electrons. The lowest BCUT2D eigenvalue weighted by Gasteiger charge is -2.19.